The van der Waals surface area contributed by atoms with Crippen LogP contribution in [0.25, 0.3) is 0 Å². The lowest BCUT2D eigenvalue weighted by atomic mass is 10.3. The lowest BCUT2D eigenvalue weighted by Crippen LogP contribution is -2.28. The Hall–Kier alpha value is -1.03. The van der Waals surface area contributed by atoms with Crippen LogP contribution in [0, 0.1) is 0 Å². The monoisotopic (exact) mass is 253 g/mol. The van der Waals surface area contributed by atoms with Gasteiger partial charge in [0.15, 0.2) is 5.96 Å². The summed E-state index contributed by atoms with van der Waals surface area (Å²) in [5, 5.41) is 3.28. The van der Waals surface area contributed by atoms with Gasteiger partial charge in [0, 0.05) is 23.8 Å². The second-order valence-electron chi connectivity index (χ2n) is 3.26. The third kappa shape index (κ3) is 2.07. The van der Waals surface area contributed by atoms with Gasteiger partial charge in [0.25, 0.3) is 0 Å². The Morgan fingerprint density at radius 3 is 3.00 bits per heavy atom. The van der Waals surface area contributed by atoms with Crippen molar-refractivity contribution in [2.75, 3.05) is 25.5 Å². The summed E-state index contributed by atoms with van der Waals surface area (Å²) < 4.78 is 1.07. The van der Waals surface area contributed by atoms with Gasteiger partial charge in [-0.1, -0.05) is 22.0 Å². The van der Waals surface area contributed by atoms with E-state index < -0.39 is 0 Å². The average Bonchev–Trinajstić information content (AvgIpc) is 2.52. The fourth-order valence-electron chi connectivity index (χ4n) is 1.36. The SMILES string of the molecule is CN1CCN=C1Nc1cccc(Br)c1. The minimum atomic E-state index is 0.882. The lowest BCUT2D eigenvalue weighted by Gasteiger charge is -2.15. The number of anilines is 1. The van der Waals surface area contributed by atoms with Crippen LogP contribution in [0.1, 0.15) is 0 Å². The van der Waals surface area contributed by atoms with Crippen LogP contribution in [0.2, 0.25) is 0 Å². The number of halogens is 1. The Labute approximate surface area is 92.0 Å². The number of aliphatic imine (C=N–C) groups is 1. The van der Waals surface area contributed by atoms with Crippen LogP contribution in [0.15, 0.2) is 33.7 Å². The van der Waals surface area contributed by atoms with E-state index in [2.05, 4.69) is 31.1 Å². The summed E-state index contributed by atoms with van der Waals surface area (Å²) in [6, 6.07) is 8.07. The summed E-state index contributed by atoms with van der Waals surface area (Å²) >= 11 is 3.43. The van der Waals surface area contributed by atoms with Crippen LogP contribution < -0.4 is 5.32 Å². The summed E-state index contributed by atoms with van der Waals surface area (Å²) in [6.45, 7) is 1.88. The number of rotatable bonds is 1. The molecule has 0 aromatic heterocycles. The Bertz CT molecular complexity index is 362. The molecule has 1 heterocycles. The second kappa shape index (κ2) is 4.00. The molecule has 1 aromatic rings. The number of nitrogens with zero attached hydrogens (tertiary/aromatic N) is 2. The molecule has 1 aliphatic rings. The van der Waals surface area contributed by atoms with E-state index >= 15 is 0 Å². The van der Waals surface area contributed by atoms with E-state index in [1.807, 2.05) is 31.3 Å². The van der Waals surface area contributed by atoms with Gasteiger partial charge in [-0.2, -0.15) is 0 Å². The number of nitrogens with one attached hydrogen (secondary N) is 1. The molecular weight excluding hydrogens is 242 g/mol. The summed E-state index contributed by atoms with van der Waals surface area (Å²) in [5.41, 5.74) is 1.06. The highest BCUT2D eigenvalue weighted by molar-refractivity contribution is 9.10. The first-order chi connectivity index (χ1) is 6.75. The Balaban J connectivity index is 2.11. The zero-order chi connectivity index (χ0) is 9.97. The van der Waals surface area contributed by atoms with Crippen molar-refractivity contribution in [2.45, 2.75) is 0 Å². The maximum atomic E-state index is 4.36. The van der Waals surface area contributed by atoms with Crippen molar-refractivity contribution >= 4 is 27.6 Å². The predicted molar refractivity (Wildman–Crippen MR) is 62.7 cm³/mol. The summed E-state index contributed by atoms with van der Waals surface area (Å²) in [7, 11) is 2.04. The molecule has 0 radical (unpaired) electrons. The van der Waals surface area contributed by atoms with Gasteiger partial charge in [-0.3, -0.25) is 4.99 Å². The van der Waals surface area contributed by atoms with Crippen molar-refractivity contribution in [3.63, 3.8) is 0 Å². The van der Waals surface area contributed by atoms with Crippen molar-refractivity contribution in [3.05, 3.63) is 28.7 Å². The third-order valence-corrected chi connectivity index (χ3v) is 2.63. The molecule has 0 saturated heterocycles. The fraction of sp³-hybridized carbons (Fsp3) is 0.300. The fourth-order valence-corrected chi connectivity index (χ4v) is 1.76. The molecule has 4 heteroatoms. The molecule has 1 aromatic carbocycles. The van der Waals surface area contributed by atoms with E-state index in [-0.39, 0.29) is 0 Å². The van der Waals surface area contributed by atoms with Crippen molar-refractivity contribution in [1.29, 1.82) is 0 Å². The number of guanidine groups is 1. The number of hydrogen-bond acceptors (Lipinski definition) is 3. The zero-order valence-corrected chi connectivity index (χ0v) is 9.58. The van der Waals surface area contributed by atoms with E-state index in [4.69, 9.17) is 0 Å². The molecule has 0 bridgehead atoms. The number of likely N-dealkylation sites (N-methyl/N-ethyl adjacent to an activating group) is 1. The highest BCUT2D eigenvalue weighted by Gasteiger charge is 2.11. The van der Waals surface area contributed by atoms with E-state index in [0.717, 1.165) is 29.2 Å². The van der Waals surface area contributed by atoms with Crippen LogP contribution in [-0.4, -0.2) is 31.0 Å². The second-order valence-corrected chi connectivity index (χ2v) is 4.18. The number of hydrogen-bond donors (Lipinski definition) is 1. The van der Waals surface area contributed by atoms with Crippen molar-refractivity contribution in [2.24, 2.45) is 4.99 Å². The Morgan fingerprint density at radius 2 is 2.36 bits per heavy atom. The third-order valence-electron chi connectivity index (χ3n) is 2.14. The Morgan fingerprint density at radius 1 is 1.50 bits per heavy atom. The van der Waals surface area contributed by atoms with Gasteiger partial charge < -0.3 is 10.2 Å². The molecule has 0 unspecified atom stereocenters. The quantitative estimate of drug-likeness (QED) is 0.831. The topological polar surface area (TPSA) is 27.6 Å². The van der Waals surface area contributed by atoms with Crippen LogP contribution in [0.5, 0.6) is 0 Å². The molecular formula is C10H12BrN3. The van der Waals surface area contributed by atoms with E-state index in [0.29, 0.717) is 0 Å². The largest absolute Gasteiger partial charge is 0.344 e. The number of benzene rings is 1. The standard InChI is InChI=1S/C10H12BrN3/c1-14-6-5-12-10(14)13-9-4-2-3-8(11)7-9/h2-4,7H,5-6H2,1H3,(H,12,13). The maximum Gasteiger partial charge on any atom is 0.198 e. The van der Waals surface area contributed by atoms with Gasteiger partial charge >= 0.3 is 0 Å². The Kier molecular flexibility index (Phi) is 2.72. The first-order valence-corrected chi connectivity index (χ1v) is 5.33. The molecule has 74 valence electrons. The highest BCUT2D eigenvalue weighted by atomic mass is 79.9. The predicted octanol–water partition coefficient (Wildman–Crippen LogP) is 2.16. The summed E-state index contributed by atoms with van der Waals surface area (Å²) in [5.74, 6) is 0.947. The molecule has 0 amide bonds. The molecule has 14 heavy (non-hydrogen) atoms. The van der Waals surface area contributed by atoms with E-state index in [1.54, 1.807) is 0 Å². The summed E-state index contributed by atoms with van der Waals surface area (Å²) in [6.07, 6.45) is 0. The smallest absolute Gasteiger partial charge is 0.198 e. The zero-order valence-electron chi connectivity index (χ0n) is 8.00. The van der Waals surface area contributed by atoms with Crippen molar-refractivity contribution in [3.8, 4) is 0 Å². The molecule has 0 atom stereocenters. The van der Waals surface area contributed by atoms with Gasteiger partial charge in [0.2, 0.25) is 0 Å². The molecule has 0 saturated carbocycles. The van der Waals surface area contributed by atoms with Gasteiger partial charge in [0.05, 0.1) is 6.54 Å². The van der Waals surface area contributed by atoms with Gasteiger partial charge in [-0.05, 0) is 18.2 Å². The highest BCUT2D eigenvalue weighted by Crippen LogP contribution is 2.16. The minimum Gasteiger partial charge on any atom is -0.344 e. The van der Waals surface area contributed by atoms with Crippen LogP contribution >= 0.6 is 15.9 Å². The average molecular weight is 254 g/mol. The van der Waals surface area contributed by atoms with Gasteiger partial charge in [-0.15, -0.1) is 0 Å². The van der Waals surface area contributed by atoms with Crippen LogP contribution in [0.4, 0.5) is 5.69 Å². The molecule has 2 rings (SSSR count). The van der Waals surface area contributed by atoms with E-state index in [9.17, 15) is 0 Å². The molecule has 0 fully saturated rings. The van der Waals surface area contributed by atoms with Crippen LogP contribution in [-0.2, 0) is 0 Å². The minimum absolute atomic E-state index is 0.882. The van der Waals surface area contributed by atoms with Gasteiger partial charge in [-0.25, -0.2) is 0 Å². The van der Waals surface area contributed by atoms with E-state index in [1.165, 1.54) is 0 Å². The van der Waals surface area contributed by atoms with Crippen molar-refractivity contribution < 1.29 is 0 Å². The maximum absolute atomic E-state index is 4.36. The molecule has 0 aliphatic carbocycles. The van der Waals surface area contributed by atoms with Crippen LogP contribution in [0.3, 0.4) is 0 Å². The molecule has 3 nitrogen and oxygen atoms in total. The first-order valence-electron chi connectivity index (χ1n) is 4.54. The molecule has 0 spiro atoms. The van der Waals surface area contributed by atoms with Crippen molar-refractivity contribution in [1.82, 2.24) is 4.90 Å². The lowest BCUT2D eigenvalue weighted by molar-refractivity contribution is 0.555. The molecule has 1 aliphatic heterocycles. The molecule has 1 N–H and O–H groups in total. The normalized spacial score (nSPS) is 15.6. The van der Waals surface area contributed by atoms with Gasteiger partial charge in [0.1, 0.15) is 0 Å². The summed E-state index contributed by atoms with van der Waals surface area (Å²) in [4.78, 5) is 6.47. The first kappa shape index (κ1) is 9.52.